The fourth-order valence-electron chi connectivity index (χ4n) is 5.56. The number of likely N-dealkylation sites (tertiary alicyclic amines) is 1. The van der Waals surface area contributed by atoms with Gasteiger partial charge in [-0.15, -0.1) is 0 Å². The predicted octanol–water partition coefficient (Wildman–Crippen LogP) is 6.82. The van der Waals surface area contributed by atoms with Crippen LogP contribution in [0.3, 0.4) is 0 Å². The number of nitrogens with one attached hydrogen (secondary N) is 1. The lowest BCUT2D eigenvalue weighted by atomic mass is 9.96. The minimum Gasteiger partial charge on any atom is -0.493 e. The molecule has 5 rings (SSSR count). The molecule has 1 fully saturated rings. The Balaban J connectivity index is 1.42. The monoisotopic (exact) mass is 558 g/mol. The molecule has 1 unspecified atom stereocenters. The molecular formula is C29H29Cl2FN2O4. The summed E-state index contributed by atoms with van der Waals surface area (Å²) >= 11 is 13.2. The van der Waals surface area contributed by atoms with Gasteiger partial charge < -0.3 is 19.9 Å². The molecule has 2 aliphatic rings. The van der Waals surface area contributed by atoms with E-state index in [2.05, 4.69) is 5.32 Å². The van der Waals surface area contributed by atoms with E-state index < -0.39 is 17.7 Å². The molecule has 0 saturated carbocycles. The number of carboxylic acid groups (broad SMARTS) is 1. The molecule has 0 radical (unpaired) electrons. The van der Waals surface area contributed by atoms with E-state index in [0.29, 0.717) is 43.1 Å². The van der Waals surface area contributed by atoms with Crippen LogP contribution >= 0.6 is 23.2 Å². The standard InChI is InChI=1S/C29H29Cl2FN2O4/c1-33-23-8-4-7-21(25(23)31)18-5-3-6-20-19(18)9-10-24(20)38-28-22(30)13-17(27(37-2)26(28)32)15-34-12-11-16(14-34)29(35)36/h3-8,13,16,24,33H,9-12,14-15H2,1-2H3,(H,35,36)/t16?,24-/m0/s1. The van der Waals surface area contributed by atoms with Crippen molar-refractivity contribution in [2.75, 3.05) is 32.6 Å². The zero-order valence-electron chi connectivity index (χ0n) is 21.2. The zero-order chi connectivity index (χ0) is 27.0. The molecule has 9 heteroatoms. The van der Waals surface area contributed by atoms with Crippen LogP contribution in [0, 0.1) is 11.7 Å². The number of methoxy groups -OCH3 is 1. The van der Waals surface area contributed by atoms with Gasteiger partial charge in [0.25, 0.3) is 0 Å². The molecule has 0 amide bonds. The van der Waals surface area contributed by atoms with E-state index in [0.717, 1.165) is 34.4 Å². The van der Waals surface area contributed by atoms with Crippen LogP contribution in [0.4, 0.5) is 10.1 Å². The third kappa shape index (κ3) is 4.91. The number of rotatable bonds is 8. The second-order valence-electron chi connectivity index (χ2n) is 9.69. The fraction of sp³-hybridized carbons (Fsp3) is 0.345. The lowest BCUT2D eigenvalue weighted by Gasteiger charge is -2.22. The summed E-state index contributed by atoms with van der Waals surface area (Å²) in [7, 11) is 3.24. The summed E-state index contributed by atoms with van der Waals surface area (Å²) in [5.74, 6) is -1.88. The SMILES string of the molecule is CNc1cccc(-c2cccc3c2CC[C@@H]3Oc2c(Cl)cc(CN3CCC(C(=O)O)C3)c(OC)c2F)c1Cl. The number of carboxylic acids is 1. The Morgan fingerprint density at radius 3 is 2.63 bits per heavy atom. The maximum Gasteiger partial charge on any atom is 0.307 e. The number of halogens is 3. The van der Waals surface area contributed by atoms with Gasteiger partial charge in [-0.05, 0) is 54.6 Å². The molecule has 3 aromatic carbocycles. The van der Waals surface area contributed by atoms with Crippen molar-refractivity contribution in [3.63, 3.8) is 0 Å². The van der Waals surface area contributed by atoms with Crippen molar-refractivity contribution in [3.05, 3.63) is 75.0 Å². The summed E-state index contributed by atoms with van der Waals surface area (Å²) in [4.78, 5) is 13.3. The van der Waals surface area contributed by atoms with E-state index in [1.54, 1.807) is 6.07 Å². The number of ether oxygens (including phenoxy) is 2. The van der Waals surface area contributed by atoms with Crippen molar-refractivity contribution in [1.29, 1.82) is 0 Å². The predicted molar refractivity (Wildman–Crippen MR) is 147 cm³/mol. The molecule has 38 heavy (non-hydrogen) atoms. The van der Waals surface area contributed by atoms with Gasteiger partial charge in [0.15, 0.2) is 11.5 Å². The Bertz CT molecular complexity index is 1380. The molecule has 3 aromatic rings. The van der Waals surface area contributed by atoms with Crippen molar-refractivity contribution in [3.8, 4) is 22.6 Å². The topological polar surface area (TPSA) is 71.0 Å². The van der Waals surface area contributed by atoms with Crippen LogP contribution in [-0.4, -0.2) is 43.2 Å². The van der Waals surface area contributed by atoms with Crippen LogP contribution < -0.4 is 14.8 Å². The van der Waals surface area contributed by atoms with E-state index in [9.17, 15) is 9.90 Å². The summed E-state index contributed by atoms with van der Waals surface area (Å²) < 4.78 is 27.4. The number of hydrogen-bond acceptors (Lipinski definition) is 5. The molecule has 1 aliphatic heterocycles. The molecule has 6 nitrogen and oxygen atoms in total. The first-order chi connectivity index (χ1) is 18.3. The molecule has 1 aliphatic carbocycles. The van der Waals surface area contributed by atoms with Crippen LogP contribution in [-0.2, 0) is 17.8 Å². The van der Waals surface area contributed by atoms with Gasteiger partial charge in [0.05, 0.1) is 28.8 Å². The van der Waals surface area contributed by atoms with Crippen molar-refractivity contribution in [2.24, 2.45) is 5.92 Å². The molecule has 2 atom stereocenters. The second-order valence-corrected chi connectivity index (χ2v) is 10.5. The third-order valence-electron chi connectivity index (χ3n) is 7.46. The number of nitrogens with zero attached hydrogens (tertiary/aromatic N) is 1. The van der Waals surface area contributed by atoms with E-state index in [-0.39, 0.29) is 22.6 Å². The average Bonchev–Trinajstić information content (AvgIpc) is 3.54. The van der Waals surface area contributed by atoms with Gasteiger partial charge in [0.2, 0.25) is 5.82 Å². The summed E-state index contributed by atoms with van der Waals surface area (Å²) in [5.41, 5.74) is 5.46. The fourth-order valence-corrected chi connectivity index (χ4v) is 6.15. The van der Waals surface area contributed by atoms with Crippen LogP contribution in [0.1, 0.15) is 35.6 Å². The van der Waals surface area contributed by atoms with Gasteiger partial charge in [-0.3, -0.25) is 9.69 Å². The molecule has 2 N–H and O–H groups in total. The highest BCUT2D eigenvalue weighted by Gasteiger charge is 2.32. The lowest BCUT2D eigenvalue weighted by Crippen LogP contribution is -2.23. The number of hydrogen-bond donors (Lipinski definition) is 2. The van der Waals surface area contributed by atoms with Gasteiger partial charge in [-0.25, -0.2) is 0 Å². The van der Waals surface area contributed by atoms with Crippen molar-refractivity contribution in [2.45, 2.75) is 31.9 Å². The summed E-state index contributed by atoms with van der Waals surface area (Å²) in [6.07, 6.45) is 1.60. The van der Waals surface area contributed by atoms with Gasteiger partial charge in [-0.1, -0.05) is 53.5 Å². The van der Waals surface area contributed by atoms with Gasteiger partial charge in [-0.2, -0.15) is 4.39 Å². The molecular weight excluding hydrogens is 530 g/mol. The Kier molecular flexibility index (Phi) is 7.70. The maximum atomic E-state index is 15.7. The highest BCUT2D eigenvalue weighted by atomic mass is 35.5. The van der Waals surface area contributed by atoms with Crippen molar-refractivity contribution in [1.82, 2.24) is 4.90 Å². The minimum absolute atomic E-state index is 0.0458. The molecule has 0 aromatic heterocycles. The molecule has 0 bridgehead atoms. The summed E-state index contributed by atoms with van der Waals surface area (Å²) in [6, 6.07) is 13.5. The maximum absolute atomic E-state index is 15.7. The average molecular weight is 559 g/mol. The number of anilines is 1. The molecule has 1 saturated heterocycles. The Labute approximate surface area is 231 Å². The first-order valence-electron chi connectivity index (χ1n) is 12.6. The Morgan fingerprint density at radius 2 is 1.92 bits per heavy atom. The summed E-state index contributed by atoms with van der Waals surface area (Å²) in [6.45, 7) is 1.35. The number of aliphatic carboxylic acids is 1. The highest BCUT2D eigenvalue weighted by molar-refractivity contribution is 6.36. The van der Waals surface area contributed by atoms with Gasteiger partial charge >= 0.3 is 5.97 Å². The number of carbonyl (C=O) groups is 1. The third-order valence-corrected chi connectivity index (χ3v) is 8.15. The number of benzene rings is 3. The smallest absolute Gasteiger partial charge is 0.307 e. The number of fused-ring (bicyclic) bond motifs is 1. The quantitative estimate of drug-likeness (QED) is 0.316. The Hall–Kier alpha value is -3.00. The zero-order valence-corrected chi connectivity index (χ0v) is 22.7. The molecule has 0 spiro atoms. The van der Waals surface area contributed by atoms with Crippen LogP contribution in [0.15, 0.2) is 42.5 Å². The van der Waals surface area contributed by atoms with E-state index in [4.69, 9.17) is 32.7 Å². The van der Waals surface area contributed by atoms with Crippen LogP contribution in [0.2, 0.25) is 10.0 Å². The normalized spacial score (nSPS) is 18.9. The largest absolute Gasteiger partial charge is 0.493 e. The summed E-state index contributed by atoms with van der Waals surface area (Å²) in [5, 5.41) is 13.2. The van der Waals surface area contributed by atoms with Crippen LogP contribution in [0.25, 0.3) is 11.1 Å². The van der Waals surface area contributed by atoms with E-state index >= 15 is 4.39 Å². The van der Waals surface area contributed by atoms with Gasteiger partial charge in [0.1, 0.15) is 6.10 Å². The van der Waals surface area contributed by atoms with E-state index in [1.807, 2.05) is 48.3 Å². The minimum atomic E-state index is -0.815. The highest BCUT2D eigenvalue weighted by Crippen LogP contribution is 2.46. The molecule has 1 heterocycles. The first kappa shape index (κ1) is 26.6. The van der Waals surface area contributed by atoms with Crippen LogP contribution in [0.5, 0.6) is 11.5 Å². The second kappa shape index (κ2) is 11.0. The molecule has 200 valence electrons. The van der Waals surface area contributed by atoms with Crippen molar-refractivity contribution < 1.29 is 23.8 Å². The first-order valence-corrected chi connectivity index (χ1v) is 13.3. The van der Waals surface area contributed by atoms with E-state index in [1.165, 1.54) is 7.11 Å². The van der Waals surface area contributed by atoms with Crippen molar-refractivity contribution >= 4 is 34.9 Å². The lowest BCUT2D eigenvalue weighted by molar-refractivity contribution is -0.141. The van der Waals surface area contributed by atoms with Gasteiger partial charge in [0, 0.05) is 31.3 Å². The Morgan fingerprint density at radius 1 is 1.16 bits per heavy atom.